The number of hydrogen-bond donors (Lipinski definition) is 2. The van der Waals surface area contributed by atoms with Crippen molar-refractivity contribution >= 4 is 22.3 Å². The fourth-order valence-electron chi connectivity index (χ4n) is 3.41. The number of rotatable bonds is 4. The van der Waals surface area contributed by atoms with Gasteiger partial charge in [0.1, 0.15) is 22.7 Å². The van der Waals surface area contributed by atoms with Crippen LogP contribution in [0.2, 0.25) is 0 Å². The van der Waals surface area contributed by atoms with Crippen LogP contribution in [0, 0.1) is 0 Å². The van der Waals surface area contributed by atoms with Crippen molar-refractivity contribution in [3.05, 3.63) is 53.3 Å². The summed E-state index contributed by atoms with van der Waals surface area (Å²) in [5.74, 6) is 1.16. The van der Waals surface area contributed by atoms with E-state index < -0.39 is 22.5 Å². The predicted octanol–water partition coefficient (Wildman–Crippen LogP) is -1.59. The molecule has 4 heterocycles. The van der Waals surface area contributed by atoms with Gasteiger partial charge in [-0.3, -0.25) is 27.9 Å². The van der Waals surface area contributed by atoms with Gasteiger partial charge in [-0.25, -0.2) is 19.6 Å². The standard InChI is InChI=1S/C17H20N8O4/c1-22-12-10(14(26)24(3)16(22)28)18-8(20-12)6-5-7-9-19-11-13(21-9)23(2)17(29)25(4)15(11)27/h5-7H2,1-4H3,(H,18,20)(H,19,21). The largest absolute Gasteiger partial charge is 0.336 e. The molecule has 0 radical (unpaired) electrons. The van der Waals surface area contributed by atoms with Gasteiger partial charge in [-0.2, -0.15) is 0 Å². The first-order valence-corrected chi connectivity index (χ1v) is 9.00. The fraction of sp³-hybridized carbons (Fsp3) is 0.412. The minimum atomic E-state index is -0.435. The molecule has 0 aliphatic heterocycles. The molecular weight excluding hydrogens is 380 g/mol. The molecule has 29 heavy (non-hydrogen) atoms. The van der Waals surface area contributed by atoms with Gasteiger partial charge in [-0.15, -0.1) is 0 Å². The number of aromatic amines is 2. The quantitative estimate of drug-likeness (QED) is 0.422. The van der Waals surface area contributed by atoms with Crippen molar-refractivity contribution in [3.8, 4) is 0 Å². The van der Waals surface area contributed by atoms with Crippen LogP contribution < -0.4 is 22.5 Å². The molecule has 4 aromatic heterocycles. The molecular formula is C17H20N8O4. The van der Waals surface area contributed by atoms with E-state index in [9.17, 15) is 19.2 Å². The summed E-state index contributed by atoms with van der Waals surface area (Å²) in [4.78, 5) is 63.2. The lowest BCUT2D eigenvalue weighted by Crippen LogP contribution is -2.36. The Morgan fingerprint density at radius 1 is 0.655 bits per heavy atom. The lowest BCUT2D eigenvalue weighted by molar-refractivity contribution is 0.707. The topological polar surface area (TPSA) is 145 Å². The summed E-state index contributed by atoms with van der Waals surface area (Å²) in [5.41, 5.74) is -0.513. The molecule has 0 bridgehead atoms. The Labute approximate surface area is 162 Å². The second-order valence-corrected chi connectivity index (χ2v) is 7.03. The third kappa shape index (κ3) is 2.75. The van der Waals surface area contributed by atoms with E-state index in [1.807, 2.05) is 0 Å². The summed E-state index contributed by atoms with van der Waals surface area (Å²) in [6.45, 7) is 0. The first kappa shape index (κ1) is 18.7. The van der Waals surface area contributed by atoms with Crippen LogP contribution in [0.3, 0.4) is 0 Å². The van der Waals surface area contributed by atoms with E-state index in [0.717, 1.165) is 9.13 Å². The van der Waals surface area contributed by atoms with Gasteiger partial charge in [0.2, 0.25) is 0 Å². The number of nitrogens with one attached hydrogen (secondary N) is 2. The first-order valence-electron chi connectivity index (χ1n) is 9.00. The highest BCUT2D eigenvalue weighted by Gasteiger charge is 2.15. The Morgan fingerprint density at radius 3 is 1.41 bits per heavy atom. The third-order valence-electron chi connectivity index (χ3n) is 5.11. The van der Waals surface area contributed by atoms with Gasteiger partial charge >= 0.3 is 11.4 Å². The van der Waals surface area contributed by atoms with Crippen molar-refractivity contribution in [2.45, 2.75) is 19.3 Å². The summed E-state index contributed by atoms with van der Waals surface area (Å²) >= 11 is 0. The van der Waals surface area contributed by atoms with Crippen LogP contribution in [0.15, 0.2) is 19.2 Å². The maximum atomic E-state index is 12.2. The minimum absolute atomic E-state index is 0.284. The molecule has 4 aromatic rings. The SMILES string of the molecule is Cn1c(=O)c2[nH]c(CCCc3nc4c([nH]3)c(=O)n(C)c(=O)n4C)nc2n(C)c1=O. The smallest absolute Gasteiger partial charge is 0.332 e. The summed E-state index contributed by atoms with van der Waals surface area (Å²) in [6, 6.07) is 0. The lowest BCUT2D eigenvalue weighted by Gasteiger charge is -2.00. The third-order valence-corrected chi connectivity index (χ3v) is 5.11. The van der Waals surface area contributed by atoms with Gasteiger partial charge in [0, 0.05) is 41.0 Å². The number of nitrogens with zero attached hydrogens (tertiary/aromatic N) is 6. The normalized spacial score (nSPS) is 11.7. The average molecular weight is 400 g/mol. The molecule has 0 aliphatic carbocycles. The van der Waals surface area contributed by atoms with E-state index in [1.54, 1.807) is 14.1 Å². The van der Waals surface area contributed by atoms with Crippen molar-refractivity contribution in [2.24, 2.45) is 28.2 Å². The Hall–Kier alpha value is -3.70. The van der Waals surface area contributed by atoms with E-state index in [2.05, 4.69) is 19.9 Å². The number of aromatic nitrogens is 8. The van der Waals surface area contributed by atoms with Crippen molar-refractivity contribution < 1.29 is 0 Å². The lowest BCUT2D eigenvalue weighted by atomic mass is 10.2. The van der Waals surface area contributed by atoms with E-state index in [1.165, 1.54) is 23.2 Å². The van der Waals surface area contributed by atoms with Gasteiger partial charge in [-0.05, 0) is 6.42 Å². The van der Waals surface area contributed by atoms with Crippen molar-refractivity contribution in [1.29, 1.82) is 0 Å². The van der Waals surface area contributed by atoms with Gasteiger partial charge in [0.15, 0.2) is 11.3 Å². The minimum Gasteiger partial charge on any atom is -0.336 e. The zero-order chi connectivity index (χ0) is 21.0. The second kappa shape index (κ2) is 6.43. The molecule has 0 unspecified atom stereocenters. The molecule has 12 nitrogen and oxygen atoms in total. The van der Waals surface area contributed by atoms with E-state index in [4.69, 9.17) is 0 Å². The number of fused-ring (bicyclic) bond motifs is 2. The Kier molecular flexibility index (Phi) is 4.14. The van der Waals surface area contributed by atoms with Gasteiger partial charge in [0.25, 0.3) is 11.1 Å². The molecule has 0 aliphatic rings. The fourth-order valence-corrected chi connectivity index (χ4v) is 3.41. The molecule has 152 valence electrons. The van der Waals surface area contributed by atoms with Crippen LogP contribution in [-0.4, -0.2) is 38.2 Å². The van der Waals surface area contributed by atoms with Crippen LogP contribution in [0.4, 0.5) is 0 Å². The number of H-pyrrole nitrogens is 2. The molecule has 0 spiro atoms. The predicted molar refractivity (Wildman–Crippen MR) is 105 cm³/mol. The average Bonchev–Trinajstić information content (AvgIpc) is 3.32. The zero-order valence-electron chi connectivity index (χ0n) is 16.4. The highest BCUT2D eigenvalue weighted by atomic mass is 16.2. The molecule has 0 atom stereocenters. The first-order chi connectivity index (χ1) is 13.7. The number of aryl methyl sites for hydroxylation is 4. The maximum Gasteiger partial charge on any atom is 0.332 e. The molecule has 0 aromatic carbocycles. The Bertz CT molecular complexity index is 1390. The van der Waals surface area contributed by atoms with Gasteiger partial charge in [-0.1, -0.05) is 0 Å². The number of imidazole rings is 2. The van der Waals surface area contributed by atoms with E-state index in [0.29, 0.717) is 42.2 Å². The summed E-state index contributed by atoms with van der Waals surface area (Å²) in [6.07, 6.45) is 1.65. The van der Waals surface area contributed by atoms with E-state index >= 15 is 0 Å². The maximum absolute atomic E-state index is 12.2. The number of hydrogen-bond acceptors (Lipinski definition) is 6. The van der Waals surface area contributed by atoms with Crippen LogP contribution in [-0.2, 0) is 41.0 Å². The molecule has 12 heteroatoms. The zero-order valence-corrected chi connectivity index (χ0v) is 16.4. The summed E-state index contributed by atoms with van der Waals surface area (Å²) < 4.78 is 4.71. The van der Waals surface area contributed by atoms with Crippen molar-refractivity contribution in [3.63, 3.8) is 0 Å². The van der Waals surface area contributed by atoms with Crippen LogP contribution >= 0.6 is 0 Å². The highest BCUT2D eigenvalue weighted by molar-refractivity contribution is 5.70. The molecule has 0 saturated heterocycles. The molecule has 0 fully saturated rings. The van der Waals surface area contributed by atoms with Crippen LogP contribution in [0.25, 0.3) is 22.3 Å². The van der Waals surface area contributed by atoms with Gasteiger partial charge in [0.05, 0.1) is 0 Å². The second-order valence-electron chi connectivity index (χ2n) is 7.03. The molecule has 0 amide bonds. The summed E-state index contributed by atoms with van der Waals surface area (Å²) in [7, 11) is 5.97. The Morgan fingerprint density at radius 2 is 1.03 bits per heavy atom. The summed E-state index contributed by atoms with van der Waals surface area (Å²) in [5, 5.41) is 0. The van der Waals surface area contributed by atoms with E-state index in [-0.39, 0.29) is 11.0 Å². The van der Waals surface area contributed by atoms with Crippen LogP contribution in [0.5, 0.6) is 0 Å². The van der Waals surface area contributed by atoms with Crippen LogP contribution in [0.1, 0.15) is 18.1 Å². The Balaban J connectivity index is 1.60. The molecule has 0 saturated carbocycles. The molecule has 4 rings (SSSR count). The van der Waals surface area contributed by atoms with Crippen molar-refractivity contribution in [1.82, 2.24) is 38.2 Å². The molecule has 2 N–H and O–H groups in total. The van der Waals surface area contributed by atoms with Gasteiger partial charge < -0.3 is 9.97 Å². The van der Waals surface area contributed by atoms with Crippen molar-refractivity contribution in [2.75, 3.05) is 0 Å². The monoisotopic (exact) mass is 400 g/mol. The highest BCUT2D eigenvalue weighted by Crippen LogP contribution is 2.10.